The van der Waals surface area contributed by atoms with E-state index in [-0.39, 0.29) is 0 Å². The molecule has 0 unspecified atom stereocenters. The van der Waals surface area contributed by atoms with E-state index >= 15 is 0 Å². The molecule has 1 aromatic rings. The second-order valence-electron chi connectivity index (χ2n) is 2.74. The Bertz CT molecular complexity index is 238. The Kier molecular flexibility index (Phi) is 5.03. The average Bonchev–Trinajstić information content (AvgIpc) is 2.15. The summed E-state index contributed by atoms with van der Waals surface area (Å²) in [5.41, 5.74) is 0. The lowest BCUT2D eigenvalue weighted by atomic mass is 10.3. The fourth-order valence-electron chi connectivity index (χ4n) is 0.890. The predicted molar refractivity (Wildman–Crippen MR) is 59.8 cm³/mol. The molecule has 0 N–H and O–H groups in total. The van der Waals surface area contributed by atoms with Crippen molar-refractivity contribution in [1.82, 2.24) is 9.97 Å². The number of halogens is 1. The van der Waals surface area contributed by atoms with Gasteiger partial charge in [-0.25, -0.2) is 9.97 Å². The first kappa shape index (κ1) is 10.7. The minimum Gasteiger partial charge on any atom is -0.463 e. The maximum Gasteiger partial charge on any atom is 0.316 e. The average molecular weight is 292 g/mol. The van der Waals surface area contributed by atoms with Crippen LogP contribution < -0.4 is 4.74 Å². The van der Waals surface area contributed by atoms with Crippen molar-refractivity contribution in [3.63, 3.8) is 0 Å². The first-order valence-electron chi connectivity index (χ1n) is 4.43. The van der Waals surface area contributed by atoms with Gasteiger partial charge < -0.3 is 4.74 Å². The molecule has 0 bridgehead atoms. The maximum absolute atomic E-state index is 5.34. The van der Waals surface area contributed by atoms with E-state index in [0.717, 1.165) is 9.99 Å². The van der Waals surface area contributed by atoms with Crippen LogP contribution in [0.5, 0.6) is 6.01 Å². The van der Waals surface area contributed by atoms with Crippen LogP contribution in [0.1, 0.15) is 26.2 Å². The second-order valence-corrected chi connectivity index (χ2v) is 3.99. The van der Waals surface area contributed by atoms with E-state index in [4.69, 9.17) is 4.74 Å². The summed E-state index contributed by atoms with van der Waals surface area (Å²) in [5.74, 6) is 0. The van der Waals surface area contributed by atoms with Gasteiger partial charge in [-0.15, -0.1) is 0 Å². The molecule has 3 nitrogen and oxygen atoms in total. The minimum absolute atomic E-state index is 0.483. The molecule has 4 heteroatoms. The molecule has 0 aliphatic rings. The lowest BCUT2D eigenvalue weighted by Crippen LogP contribution is -2.00. The van der Waals surface area contributed by atoms with E-state index in [1.54, 1.807) is 12.4 Å². The number of aromatic nitrogens is 2. The Morgan fingerprint density at radius 3 is 2.62 bits per heavy atom. The molecule has 0 aliphatic carbocycles. The Labute approximate surface area is 92.1 Å². The number of hydrogen-bond donors (Lipinski definition) is 0. The number of rotatable bonds is 5. The van der Waals surface area contributed by atoms with Crippen molar-refractivity contribution in [2.75, 3.05) is 6.61 Å². The van der Waals surface area contributed by atoms with Crippen LogP contribution in [0.3, 0.4) is 0 Å². The molecule has 72 valence electrons. The summed E-state index contributed by atoms with van der Waals surface area (Å²) in [6.07, 6.45) is 6.98. The zero-order chi connectivity index (χ0) is 9.52. The third-order valence-electron chi connectivity index (χ3n) is 1.58. The molecule has 1 heterocycles. The number of ether oxygens (including phenoxy) is 1. The highest BCUT2D eigenvalue weighted by Gasteiger charge is 1.95. The van der Waals surface area contributed by atoms with E-state index in [9.17, 15) is 0 Å². The molecule has 0 aliphatic heterocycles. The lowest BCUT2D eigenvalue weighted by molar-refractivity contribution is 0.282. The highest BCUT2D eigenvalue weighted by atomic mass is 127. The van der Waals surface area contributed by atoms with Crippen LogP contribution in [0.4, 0.5) is 0 Å². The van der Waals surface area contributed by atoms with Gasteiger partial charge in [0.1, 0.15) is 0 Å². The molecule has 0 radical (unpaired) electrons. The van der Waals surface area contributed by atoms with Crippen LogP contribution in [-0.4, -0.2) is 16.6 Å². The van der Waals surface area contributed by atoms with Gasteiger partial charge in [0.05, 0.1) is 6.61 Å². The smallest absolute Gasteiger partial charge is 0.316 e. The van der Waals surface area contributed by atoms with E-state index in [0.29, 0.717) is 12.6 Å². The van der Waals surface area contributed by atoms with Crippen molar-refractivity contribution >= 4 is 22.6 Å². The fourth-order valence-corrected chi connectivity index (χ4v) is 1.17. The van der Waals surface area contributed by atoms with Crippen LogP contribution in [0.25, 0.3) is 0 Å². The van der Waals surface area contributed by atoms with Crippen LogP contribution >= 0.6 is 22.6 Å². The molecule has 0 aromatic carbocycles. The number of unbranched alkanes of at least 4 members (excludes halogenated alkanes) is 2. The van der Waals surface area contributed by atoms with Crippen LogP contribution in [0, 0.1) is 3.57 Å². The zero-order valence-corrected chi connectivity index (χ0v) is 9.82. The Balaban J connectivity index is 2.25. The molecule has 0 saturated heterocycles. The highest BCUT2D eigenvalue weighted by molar-refractivity contribution is 14.1. The van der Waals surface area contributed by atoms with Gasteiger partial charge in [0.15, 0.2) is 0 Å². The topological polar surface area (TPSA) is 35.0 Å². The van der Waals surface area contributed by atoms with Crippen LogP contribution in [0.15, 0.2) is 12.4 Å². The van der Waals surface area contributed by atoms with Crippen LogP contribution in [-0.2, 0) is 0 Å². The fraction of sp³-hybridized carbons (Fsp3) is 0.556. The van der Waals surface area contributed by atoms with Crippen molar-refractivity contribution in [1.29, 1.82) is 0 Å². The SMILES string of the molecule is CCCCCOc1ncc(I)cn1. The summed E-state index contributed by atoms with van der Waals surface area (Å²) in [5, 5.41) is 0. The van der Waals surface area contributed by atoms with Gasteiger partial charge in [-0.3, -0.25) is 0 Å². The lowest BCUT2D eigenvalue weighted by Gasteiger charge is -2.02. The second kappa shape index (κ2) is 6.12. The maximum atomic E-state index is 5.34. The number of hydrogen-bond acceptors (Lipinski definition) is 3. The molecule has 13 heavy (non-hydrogen) atoms. The molecule has 1 rings (SSSR count). The molecular formula is C9H13IN2O. The number of nitrogens with zero attached hydrogens (tertiary/aromatic N) is 2. The Morgan fingerprint density at radius 2 is 2.00 bits per heavy atom. The molecule has 0 atom stereocenters. The molecular weight excluding hydrogens is 279 g/mol. The third kappa shape index (κ3) is 4.40. The van der Waals surface area contributed by atoms with Crippen molar-refractivity contribution < 1.29 is 4.74 Å². The highest BCUT2D eigenvalue weighted by Crippen LogP contribution is 2.05. The monoisotopic (exact) mass is 292 g/mol. The Hall–Kier alpha value is -0.390. The van der Waals surface area contributed by atoms with Gasteiger partial charge in [-0.2, -0.15) is 0 Å². The van der Waals surface area contributed by atoms with Gasteiger partial charge in [-0.1, -0.05) is 19.8 Å². The third-order valence-corrected chi connectivity index (χ3v) is 2.13. The quantitative estimate of drug-likeness (QED) is 0.618. The summed E-state index contributed by atoms with van der Waals surface area (Å²) in [6, 6.07) is 0.483. The summed E-state index contributed by atoms with van der Waals surface area (Å²) < 4.78 is 6.36. The first-order chi connectivity index (χ1) is 6.33. The van der Waals surface area contributed by atoms with E-state index in [1.807, 2.05) is 0 Å². The summed E-state index contributed by atoms with van der Waals surface area (Å²) in [4.78, 5) is 8.07. The normalized spacial score (nSPS) is 10.0. The van der Waals surface area contributed by atoms with Gasteiger partial charge >= 0.3 is 6.01 Å². The van der Waals surface area contributed by atoms with Gasteiger partial charge in [-0.05, 0) is 29.0 Å². The molecule has 0 spiro atoms. The van der Waals surface area contributed by atoms with Crippen LogP contribution in [0.2, 0.25) is 0 Å². The van der Waals surface area contributed by atoms with Crippen molar-refractivity contribution in [3.8, 4) is 6.01 Å². The largest absolute Gasteiger partial charge is 0.463 e. The molecule has 0 fully saturated rings. The summed E-state index contributed by atoms with van der Waals surface area (Å²) in [6.45, 7) is 2.88. The molecule has 0 amide bonds. The van der Waals surface area contributed by atoms with E-state index < -0.39 is 0 Å². The van der Waals surface area contributed by atoms with Crippen molar-refractivity contribution in [3.05, 3.63) is 16.0 Å². The minimum atomic E-state index is 0.483. The van der Waals surface area contributed by atoms with E-state index in [2.05, 4.69) is 39.5 Å². The van der Waals surface area contributed by atoms with Gasteiger partial charge in [0, 0.05) is 16.0 Å². The van der Waals surface area contributed by atoms with Crippen molar-refractivity contribution in [2.24, 2.45) is 0 Å². The summed E-state index contributed by atoms with van der Waals surface area (Å²) >= 11 is 2.17. The van der Waals surface area contributed by atoms with Crippen molar-refractivity contribution in [2.45, 2.75) is 26.2 Å². The predicted octanol–water partition coefficient (Wildman–Crippen LogP) is 2.65. The Morgan fingerprint density at radius 1 is 1.31 bits per heavy atom. The summed E-state index contributed by atoms with van der Waals surface area (Å²) in [7, 11) is 0. The van der Waals surface area contributed by atoms with Gasteiger partial charge in [0.2, 0.25) is 0 Å². The van der Waals surface area contributed by atoms with E-state index in [1.165, 1.54) is 12.8 Å². The first-order valence-corrected chi connectivity index (χ1v) is 5.51. The molecule has 0 saturated carbocycles. The van der Waals surface area contributed by atoms with Gasteiger partial charge in [0.25, 0.3) is 0 Å². The molecule has 1 aromatic heterocycles. The standard InChI is InChI=1S/C9H13IN2O/c1-2-3-4-5-13-9-11-6-8(10)7-12-9/h6-7H,2-5H2,1H3. The zero-order valence-electron chi connectivity index (χ0n) is 7.66.